The van der Waals surface area contributed by atoms with E-state index in [9.17, 15) is 19.7 Å². The number of hydrogen-bond acceptors (Lipinski definition) is 6. The van der Waals surface area contributed by atoms with Crippen molar-refractivity contribution < 1.29 is 19.2 Å². The maximum Gasteiger partial charge on any atom is 0.406 e. The molecule has 3 N–H and O–H groups in total. The summed E-state index contributed by atoms with van der Waals surface area (Å²) < 4.78 is 5.31. The van der Waals surface area contributed by atoms with Gasteiger partial charge in [-0.15, -0.1) is 0 Å². The molecule has 0 saturated heterocycles. The van der Waals surface area contributed by atoms with Crippen LogP contribution in [0.4, 0.5) is 11.5 Å². The summed E-state index contributed by atoms with van der Waals surface area (Å²) in [4.78, 5) is 36.9. The van der Waals surface area contributed by atoms with Gasteiger partial charge in [0.15, 0.2) is 6.10 Å². The molecule has 0 bridgehead atoms. The van der Waals surface area contributed by atoms with E-state index >= 15 is 0 Å². The first kappa shape index (κ1) is 16.9. The Morgan fingerprint density at radius 1 is 1.29 bits per heavy atom. The Hall–Kier alpha value is -3.49. The number of pyridine rings is 1. The van der Waals surface area contributed by atoms with Crippen LogP contribution in [0.2, 0.25) is 0 Å². The molecular formula is C15H14N4O5. The zero-order chi connectivity index (χ0) is 17.7. The van der Waals surface area contributed by atoms with Gasteiger partial charge < -0.3 is 25.9 Å². The van der Waals surface area contributed by atoms with Crippen molar-refractivity contribution in [1.82, 2.24) is 4.98 Å². The summed E-state index contributed by atoms with van der Waals surface area (Å²) in [5.41, 5.74) is 5.87. The smallest absolute Gasteiger partial charge is 0.406 e. The lowest BCUT2D eigenvalue weighted by Crippen LogP contribution is -2.30. The number of amides is 2. The van der Waals surface area contributed by atoms with Crippen LogP contribution in [0.15, 0.2) is 42.6 Å². The summed E-state index contributed by atoms with van der Waals surface area (Å²) in [5, 5.41) is 13.4. The summed E-state index contributed by atoms with van der Waals surface area (Å²) in [6.45, 7) is 1.45. The second kappa shape index (κ2) is 7.18. The Labute approximate surface area is 136 Å². The highest BCUT2D eigenvalue weighted by molar-refractivity contribution is 5.96. The van der Waals surface area contributed by atoms with Crippen molar-refractivity contribution in [2.24, 2.45) is 5.73 Å². The van der Waals surface area contributed by atoms with Crippen molar-refractivity contribution in [2.45, 2.75) is 13.0 Å². The normalized spacial score (nSPS) is 11.4. The lowest BCUT2D eigenvalue weighted by Gasteiger charge is -2.14. The Morgan fingerprint density at radius 3 is 2.54 bits per heavy atom. The van der Waals surface area contributed by atoms with E-state index in [0.717, 1.165) is 0 Å². The zero-order valence-electron chi connectivity index (χ0n) is 12.6. The van der Waals surface area contributed by atoms with Crippen molar-refractivity contribution in [3.05, 3.63) is 58.3 Å². The Balaban J connectivity index is 2.05. The highest BCUT2D eigenvalue weighted by Gasteiger charge is 2.21. The molecule has 24 heavy (non-hydrogen) atoms. The van der Waals surface area contributed by atoms with E-state index in [-0.39, 0.29) is 5.75 Å². The van der Waals surface area contributed by atoms with Gasteiger partial charge in [-0.05, 0) is 53.2 Å². The molecule has 1 atom stereocenters. The molecule has 0 unspecified atom stereocenters. The van der Waals surface area contributed by atoms with Gasteiger partial charge in [0, 0.05) is 11.3 Å². The molecule has 0 aliphatic rings. The van der Waals surface area contributed by atoms with Gasteiger partial charge >= 0.3 is 5.82 Å². The van der Waals surface area contributed by atoms with Crippen molar-refractivity contribution in [1.29, 1.82) is 0 Å². The van der Waals surface area contributed by atoms with E-state index in [4.69, 9.17) is 10.5 Å². The predicted molar refractivity (Wildman–Crippen MR) is 84.6 cm³/mol. The molecule has 0 fully saturated rings. The van der Waals surface area contributed by atoms with Crippen LogP contribution < -0.4 is 15.8 Å². The molecule has 2 rings (SSSR count). The number of hydrogen-bond donors (Lipinski definition) is 2. The minimum absolute atomic E-state index is 0.103. The minimum atomic E-state index is -0.997. The van der Waals surface area contributed by atoms with Crippen LogP contribution in [0.25, 0.3) is 0 Å². The molecule has 0 radical (unpaired) electrons. The number of anilines is 1. The lowest BCUT2D eigenvalue weighted by molar-refractivity contribution is -0.390. The molecule has 0 aliphatic heterocycles. The number of rotatable bonds is 6. The van der Waals surface area contributed by atoms with Crippen molar-refractivity contribution in [3.63, 3.8) is 0 Å². The molecule has 1 aromatic carbocycles. The number of ether oxygens (including phenoxy) is 1. The van der Waals surface area contributed by atoms with Gasteiger partial charge in [-0.25, -0.2) is 0 Å². The first-order chi connectivity index (χ1) is 11.4. The Morgan fingerprint density at radius 2 is 1.96 bits per heavy atom. The van der Waals surface area contributed by atoms with Gasteiger partial charge in [0.1, 0.15) is 6.20 Å². The molecule has 2 amide bonds. The molecule has 9 nitrogen and oxygen atoms in total. The number of nitrogens with zero attached hydrogens (tertiary/aromatic N) is 2. The summed E-state index contributed by atoms with van der Waals surface area (Å²) in [5.74, 6) is -1.66. The van der Waals surface area contributed by atoms with E-state index < -0.39 is 28.7 Å². The quantitative estimate of drug-likeness (QED) is 0.608. The molecule has 0 aliphatic carbocycles. The average Bonchev–Trinajstić information content (AvgIpc) is 2.55. The number of primary amides is 1. The average molecular weight is 330 g/mol. The fourth-order valence-corrected chi connectivity index (χ4v) is 1.82. The van der Waals surface area contributed by atoms with Crippen LogP contribution in [-0.4, -0.2) is 27.8 Å². The molecule has 9 heteroatoms. The second-order valence-corrected chi connectivity index (χ2v) is 4.77. The highest BCUT2D eigenvalue weighted by atomic mass is 16.6. The summed E-state index contributed by atoms with van der Waals surface area (Å²) in [6, 6.07) is 8.78. The monoisotopic (exact) mass is 330 g/mol. The van der Waals surface area contributed by atoms with Gasteiger partial charge in [0.05, 0.1) is 0 Å². The highest BCUT2D eigenvalue weighted by Crippen LogP contribution is 2.24. The van der Waals surface area contributed by atoms with Crippen molar-refractivity contribution in [2.75, 3.05) is 5.32 Å². The molecule has 0 saturated carbocycles. The summed E-state index contributed by atoms with van der Waals surface area (Å²) >= 11 is 0. The number of nitrogens with one attached hydrogen (secondary N) is 1. The zero-order valence-corrected chi connectivity index (χ0v) is 12.6. The van der Waals surface area contributed by atoms with E-state index in [1.165, 1.54) is 49.5 Å². The lowest BCUT2D eigenvalue weighted by atomic mass is 10.2. The predicted octanol–water partition coefficient (Wildman–Crippen LogP) is 1.49. The fourth-order valence-electron chi connectivity index (χ4n) is 1.82. The van der Waals surface area contributed by atoms with Crippen molar-refractivity contribution in [3.8, 4) is 5.75 Å². The van der Waals surface area contributed by atoms with Gasteiger partial charge in [-0.2, -0.15) is 0 Å². The molecular weight excluding hydrogens is 316 g/mol. The third-order valence-electron chi connectivity index (χ3n) is 3.03. The Kier molecular flexibility index (Phi) is 5.05. The van der Waals surface area contributed by atoms with Crippen LogP contribution in [0.3, 0.4) is 0 Å². The number of benzene rings is 1. The van der Waals surface area contributed by atoms with Gasteiger partial charge in [-0.3, -0.25) is 9.59 Å². The first-order valence-corrected chi connectivity index (χ1v) is 6.85. The van der Waals surface area contributed by atoms with E-state index in [0.29, 0.717) is 11.3 Å². The maximum absolute atomic E-state index is 12.1. The summed E-state index contributed by atoms with van der Waals surface area (Å²) in [7, 11) is 0. The van der Waals surface area contributed by atoms with Crippen LogP contribution in [0, 0.1) is 10.1 Å². The topological polar surface area (TPSA) is 137 Å². The fraction of sp³-hybridized carbons (Fsp3) is 0.133. The largest absolute Gasteiger partial charge is 0.473 e. The number of carbonyl (C=O) groups is 2. The third-order valence-corrected chi connectivity index (χ3v) is 3.03. The SMILES string of the molecule is C[C@@H](Oc1cccnc1[N+](=O)[O-])C(=O)Nc1ccc(C(N)=O)cc1. The number of aromatic nitrogens is 1. The molecule has 2 aromatic rings. The van der Waals surface area contributed by atoms with Crippen LogP contribution in [0.5, 0.6) is 5.75 Å². The van der Waals surface area contributed by atoms with Gasteiger partial charge in [0.25, 0.3) is 5.91 Å². The molecule has 0 spiro atoms. The van der Waals surface area contributed by atoms with E-state index in [2.05, 4.69) is 10.3 Å². The number of nitro groups is 1. The first-order valence-electron chi connectivity index (χ1n) is 6.85. The van der Waals surface area contributed by atoms with Crippen LogP contribution in [0.1, 0.15) is 17.3 Å². The summed E-state index contributed by atoms with van der Waals surface area (Å²) in [6.07, 6.45) is 0.263. The maximum atomic E-state index is 12.1. The number of carbonyl (C=O) groups excluding carboxylic acids is 2. The van der Waals surface area contributed by atoms with E-state index in [1.54, 1.807) is 0 Å². The van der Waals surface area contributed by atoms with Crippen LogP contribution >= 0.6 is 0 Å². The standard InChI is InChI=1S/C15H14N4O5/c1-9(24-12-3-2-8-17-14(12)19(22)23)15(21)18-11-6-4-10(5-7-11)13(16)20/h2-9H,1H3,(H2,16,20)(H,18,21)/t9-/m1/s1. The van der Waals surface area contributed by atoms with Gasteiger partial charge in [-0.1, -0.05) is 0 Å². The third kappa shape index (κ3) is 4.03. The van der Waals surface area contributed by atoms with E-state index in [1.807, 2.05) is 0 Å². The molecule has 1 heterocycles. The number of nitrogens with two attached hydrogens (primary N) is 1. The second-order valence-electron chi connectivity index (χ2n) is 4.77. The minimum Gasteiger partial charge on any atom is -0.473 e. The van der Waals surface area contributed by atoms with Crippen molar-refractivity contribution >= 4 is 23.3 Å². The molecule has 1 aromatic heterocycles. The van der Waals surface area contributed by atoms with Crippen LogP contribution in [-0.2, 0) is 4.79 Å². The molecule has 124 valence electrons. The van der Waals surface area contributed by atoms with Gasteiger partial charge in [0.2, 0.25) is 11.7 Å². The Bertz CT molecular complexity index is 776.